The highest BCUT2D eigenvalue weighted by Gasteiger charge is 2.19. The molecule has 1 heterocycles. The van der Waals surface area contributed by atoms with Gasteiger partial charge in [0.2, 0.25) is 0 Å². The highest BCUT2D eigenvalue weighted by molar-refractivity contribution is 6.48. The first-order valence-electron chi connectivity index (χ1n) is 7.05. The number of ether oxygens (including phenoxy) is 3. The highest BCUT2D eigenvalue weighted by atomic mass is 35.5. The molecule has 1 aromatic carbocycles. The summed E-state index contributed by atoms with van der Waals surface area (Å²) in [4.78, 5) is 27.7. The first kappa shape index (κ1) is 20.1. The Hall–Kier alpha value is -2.22. The van der Waals surface area contributed by atoms with Gasteiger partial charge in [-0.2, -0.15) is 0 Å². The molecular weight excluding hydrogens is 407 g/mol. The number of methoxy groups -OCH3 is 2. The van der Waals surface area contributed by atoms with Crippen LogP contribution in [-0.2, 0) is 9.53 Å². The number of nitrogens with one attached hydrogen (secondary N) is 1. The van der Waals surface area contributed by atoms with E-state index in [0.29, 0.717) is 17.2 Å². The summed E-state index contributed by atoms with van der Waals surface area (Å²) in [7, 11) is 2.96. The molecule has 0 aliphatic heterocycles. The fourth-order valence-electron chi connectivity index (χ4n) is 1.86. The van der Waals surface area contributed by atoms with E-state index < -0.39 is 18.5 Å². The molecule has 0 atom stereocenters. The zero-order valence-corrected chi connectivity index (χ0v) is 15.9. The molecule has 1 N–H and O–H groups in total. The molecule has 0 radical (unpaired) electrons. The van der Waals surface area contributed by atoms with Gasteiger partial charge < -0.3 is 19.5 Å². The zero-order valence-electron chi connectivity index (χ0n) is 13.6. The molecular formula is C16H13Cl3N2O5. The number of halogens is 3. The van der Waals surface area contributed by atoms with Crippen molar-refractivity contribution in [3.63, 3.8) is 0 Å². The predicted molar refractivity (Wildman–Crippen MR) is 97.7 cm³/mol. The third-order valence-corrected chi connectivity index (χ3v) is 4.32. The van der Waals surface area contributed by atoms with Crippen LogP contribution in [0.3, 0.4) is 0 Å². The monoisotopic (exact) mass is 418 g/mol. The van der Waals surface area contributed by atoms with E-state index in [2.05, 4.69) is 10.3 Å². The molecule has 0 bridgehead atoms. The predicted octanol–water partition coefficient (Wildman–Crippen LogP) is 3.85. The second kappa shape index (κ2) is 8.93. The first-order chi connectivity index (χ1) is 12.3. The Kier molecular flexibility index (Phi) is 6.90. The van der Waals surface area contributed by atoms with E-state index in [-0.39, 0.29) is 20.8 Å². The van der Waals surface area contributed by atoms with Gasteiger partial charge in [-0.1, -0.05) is 34.8 Å². The average molecular weight is 420 g/mol. The number of carbonyl (C=O) groups excluding carboxylic acids is 2. The lowest BCUT2D eigenvalue weighted by atomic mass is 10.2. The van der Waals surface area contributed by atoms with Crippen molar-refractivity contribution >= 4 is 52.4 Å². The summed E-state index contributed by atoms with van der Waals surface area (Å²) in [5.74, 6) is -0.511. The molecule has 7 nitrogen and oxygen atoms in total. The van der Waals surface area contributed by atoms with Gasteiger partial charge in [-0.05, 0) is 0 Å². The summed E-state index contributed by atoms with van der Waals surface area (Å²) in [6, 6.07) is 4.81. The molecule has 138 valence electrons. The number of hydrogen-bond donors (Lipinski definition) is 1. The molecule has 26 heavy (non-hydrogen) atoms. The Morgan fingerprint density at radius 3 is 2.23 bits per heavy atom. The topological polar surface area (TPSA) is 86.8 Å². The van der Waals surface area contributed by atoms with Crippen LogP contribution in [0.4, 0.5) is 5.69 Å². The van der Waals surface area contributed by atoms with Gasteiger partial charge in [-0.15, -0.1) is 0 Å². The normalized spacial score (nSPS) is 10.2. The fraction of sp³-hybridized carbons (Fsp3) is 0.188. The molecule has 2 rings (SSSR count). The van der Waals surface area contributed by atoms with Gasteiger partial charge in [0.15, 0.2) is 12.3 Å². The zero-order chi connectivity index (χ0) is 19.3. The molecule has 1 aromatic heterocycles. The maximum atomic E-state index is 12.0. The molecule has 0 spiro atoms. The van der Waals surface area contributed by atoms with Crippen molar-refractivity contribution in [2.75, 3.05) is 26.1 Å². The van der Waals surface area contributed by atoms with Gasteiger partial charge >= 0.3 is 5.97 Å². The van der Waals surface area contributed by atoms with E-state index in [1.807, 2.05) is 0 Å². The Morgan fingerprint density at radius 2 is 1.65 bits per heavy atom. The molecule has 10 heteroatoms. The van der Waals surface area contributed by atoms with E-state index in [1.165, 1.54) is 14.2 Å². The van der Waals surface area contributed by atoms with Gasteiger partial charge in [-0.25, -0.2) is 9.78 Å². The smallest absolute Gasteiger partial charge is 0.359 e. The molecule has 0 saturated carbocycles. The number of amides is 1. The lowest BCUT2D eigenvalue weighted by Crippen LogP contribution is -2.21. The number of benzene rings is 1. The van der Waals surface area contributed by atoms with E-state index in [1.54, 1.807) is 18.2 Å². The number of rotatable bonds is 6. The first-order valence-corrected chi connectivity index (χ1v) is 8.18. The molecule has 0 fully saturated rings. The van der Waals surface area contributed by atoms with Crippen molar-refractivity contribution in [2.45, 2.75) is 0 Å². The molecule has 1 amide bonds. The molecule has 0 unspecified atom stereocenters. The third-order valence-electron chi connectivity index (χ3n) is 3.08. The van der Waals surface area contributed by atoms with Crippen molar-refractivity contribution in [3.05, 3.63) is 45.2 Å². The van der Waals surface area contributed by atoms with Crippen LogP contribution in [0.1, 0.15) is 10.5 Å². The van der Waals surface area contributed by atoms with Crippen LogP contribution in [0.2, 0.25) is 15.1 Å². The number of esters is 1. The summed E-state index contributed by atoms with van der Waals surface area (Å²) < 4.78 is 15.1. The molecule has 0 aliphatic carbocycles. The van der Waals surface area contributed by atoms with Gasteiger partial charge in [0.1, 0.15) is 11.5 Å². The van der Waals surface area contributed by atoms with Crippen molar-refractivity contribution in [3.8, 4) is 11.5 Å². The Morgan fingerprint density at radius 1 is 1.04 bits per heavy atom. The van der Waals surface area contributed by atoms with E-state index in [0.717, 1.165) is 6.20 Å². The minimum Gasteiger partial charge on any atom is -0.497 e. The van der Waals surface area contributed by atoms with Crippen molar-refractivity contribution in [1.82, 2.24) is 4.98 Å². The van der Waals surface area contributed by atoms with Crippen molar-refractivity contribution in [1.29, 1.82) is 0 Å². The second-order valence-corrected chi connectivity index (χ2v) is 5.97. The summed E-state index contributed by atoms with van der Waals surface area (Å²) in [5.41, 5.74) is 0.171. The van der Waals surface area contributed by atoms with E-state index in [4.69, 9.17) is 49.0 Å². The van der Waals surface area contributed by atoms with Gasteiger partial charge in [0.25, 0.3) is 5.91 Å². The van der Waals surface area contributed by atoms with E-state index >= 15 is 0 Å². The van der Waals surface area contributed by atoms with Crippen LogP contribution in [0.5, 0.6) is 11.5 Å². The van der Waals surface area contributed by atoms with Crippen LogP contribution >= 0.6 is 34.8 Å². The Balaban J connectivity index is 2.01. The van der Waals surface area contributed by atoms with Crippen LogP contribution in [-0.4, -0.2) is 37.7 Å². The lowest BCUT2D eigenvalue weighted by Gasteiger charge is -2.10. The summed E-state index contributed by atoms with van der Waals surface area (Å²) in [6.45, 7) is -0.559. The molecule has 2 aromatic rings. The Labute approximate surface area is 164 Å². The van der Waals surface area contributed by atoms with E-state index in [9.17, 15) is 9.59 Å². The summed E-state index contributed by atoms with van der Waals surface area (Å²) in [6.07, 6.45) is 1.16. The maximum Gasteiger partial charge on any atom is 0.359 e. The number of carbonyl (C=O) groups is 2. The highest BCUT2D eigenvalue weighted by Crippen LogP contribution is 2.31. The van der Waals surface area contributed by atoms with Gasteiger partial charge in [0, 0.05) is 30.1 Å². The number of nitrogens with zero attached hydrogens (tertiary/aromatic N) is 1. The second-order valence-electron chi connectivity index (χ2n) is 4.81. The van der Waals surface area contributed by atoms with Crippen LogP contribution in [0.25, 0.3) is 0 Å². The minimum atomic E-state index is -0.910. The number of pyridine rings is 1. The van der Waals surface area contributed by atoms with Gasteiger partial charge in [-0.3, -0.25) is 4.79 Å². The average Bonchev–Trinajstić information content (AvgIpc) is 2.63. The molecule has 0 aliphatic rings. The lowest BCUT2D eigenvalue weighted by molar-refractivity contribution is -0.119. The SMILES string of the molecule is COc1cc(NC(=O)COC(=O)c2ncc(Cl)c(Cl)c2Cl)cc(OC)c1. The molecule has 0 saturated heterocycles. The van der Waals surface area contributed by atoms with Gasteiger partial charge in [0.05, 0.1) is 29.3 Å². The minimum absolute atomic E-state index is 0.0248. The van der Waals surface area contributed by atoms with Crippen LogP contribution in [0, 0.1) is 0 Å². The Bertz CT molecular complexity index is 823. The quantitative estimate of drug-likeness (QED) is 0.716. The number of aromatic nitrogens is 1. The van der Waals surface area contributed by atoms with Crippen LogP contribution in [0.15, 0.2) is 24.4 Å². The van der Waals surface area contributed by atoms with Crippen LogP contribution < -0.4 is 14.8 Å². The summed E-state index contributed by atoms with van der Waals surface area (Å²) in [5, 5.41) is 2.48. The van der Waals surface area contributed by atoms with Crippen molar-refractivity contribution in [2.24, 2.45) is 0 Å². The third kappa shape index (κ3) is 4.91. The maximum absolute atomic E-state index is 12.0. The fourth-order valence-corrected chi connectivity index (χ4v) is 2.42. The summed E-state index contributed by atoms with van der Waals surface area (Å²) >= 11 is 17.5. The standard InChI is InChI=1S/C16H13Cl3N2O5/c1-24-9-3-8(4-10(5-9)25-2)21-12(22)7-26-16(23)15-14(19)13(18)11(17)6-20-15/h3-6H,7H2,1-2H3,(H,21,22). The van der Waals surface area contributed by atoms with Crippen molar-refractivity contribution < 1.29 is 23.8 Å². The number of anilines is 1. The number of hydrogen-bond acceptors (Lipinski definition) is 6. The largest absolute Gasteiger partial charge is 0.497 e.